The summed E-state index contributed by atoms with van der Waals surface area (Å²) in [5.74, 6) is 0.00304. The molecule has 2 atom stereocenters. The SMILES string of the molecule is O=C1Nc2ccc(C(F)(F)F)cc2C(C2CCOC2)N1. The first kappa shape index (κ1) is 13.2. The van der Waals surface area contributed by atoms with Crippen LogP contribution < -0.4 is 10.6 Å². The van der Waals surface area contributed by atoms with Crippen LogP contribution in [0.25, 0.3) is 0 Å². The zero-order valence-corrected chi connectivity index (χ0v) is 10.5. The molecule has 4 nitrogen and oxygen atoms in total. The van der Waals surface area contributed by atoms with Gasteiger partial charge in [-0.3, -0.25) is 0 Å². The summed E-state index contributed by atoms with van der Waals surface area (Å²) in [6, 6.07) is 2.55. The molecule has 3 rings (SSSR count). The monoisotopic (exact) mass is 286 g/mol. The Morgan fingerprint density at radius 1 is 1.30 bits per heavy atom. The largest absolute Gasteiger partial charge is 0.416 e. The van der Waals surface area contributed by atoms with Crippen LogP contribution in [0.15, 0.2) is 18.2 Å². The van der Waals surface area contributed by atoms with Gasteiger partial charge in [0, 0.05) is 18.2 Å². The van der Waals surface area contributed by atoms with E-state index in [1.807, 2.05) is 0 Å². The Kier molecular flexibility index (Phi) is 3.08. The maximum absolute atomic E-state index is 12.8. The van der Waals surface area contributed by atoms with Crippen molar-refractivity contribution in [2.45, 2.75) is 18.6 Å². The molecular weight excluding hydrogens is 273 g/mol. The zero-order chi connectivity index (χ0) is 14.3. The molecule has 2 N–H and O–H groups in total. The van der Waals surface area contributed by atoms with Gasteiger partial charge in [-0.25, -0.2) is 4.79 Å². The van der Waals surface area contributed by atoms with Gasteiger partial charge in [0.25, 0.3) is 0 Å². The van der Waals surface area contributed by atoms with Crippen LogP contribution in [0.5, 0.6) is 0 Å². The van der Waals surface area contributed by atoms with Crippen LogP contribution in [-0.4, -0.2) is 19.2 Å². The van der Waals surface area contributed by atoms with Gasteiger partial charge in [0.2, 0.25) is 0 Å². The molecule has 0 bridgehead atoms. The smallest absolute Gasteiger partial charge is 0.381 e. The number of fused-ring (bicyclic) bond motifs is 1. The second kappa shape index (κ2) is 4.66. The Labute approximate surface area is 113 Å². The number of benzene rings is 1. The fourth-order valence-electron chi connectivity index (χ4n) is 2.68. The molecule has 1 saturated heterocycles. The Morgan fingerprint density at radius 2 is 2.10 bits per heavy atom. The van der Waals surface area contributed by atoms with E-state index in [0.717, 1.165) is 18.6 Å². The van der Waals surface area contributed by atoms with E-state index in [9.17, 15) is 18.0 Å². The summed E-state index contributed by atoms with van der Waals surface area (Å²) >= 11 is 0. The van der Waals surface area contributed by atoms with Gasteiger partial charge >= 0.3 is 12.2 Å². The number of nitrogens with one attached hydrogen (secondary N) is 2. The lowest BCUT2D eigenvalue weighted by atomic mass is 9.89. The number of rotatable bonds is 1. The summed E-state index contributed by atoms with van der Waals surface area (Å²) in [7, 11) is 0. The third-order valence-electron chi connectivity index (χ3n) is 3.69. The fourth-order valence-corrected chi connectivity index (χ4v) is 2.68. The van der Waals surface area contributed by atoms with Crippen LogP contribution in [0.3, 0.4) is 0 Å². The first-order valence-electron chi connectivity index (χ1n) is 6.31. The Morgan fingerprint density at radius 3 is 2.75 bits per heavy atom. The molecular formula is C13H13F3N2O2. The highest BCUT2D eigenvalue weighted by Gasteiger charge is 2.36. The van der Waals surface area contributed by atoms with Crippen LogP contribution in [0.1, 0.15) is 23.6 Å². The Bertz CT molecular complexity index is 539. The van der Waals surface area contributed by atoms with Crippen molar-refractivity contribution >= 4 is 11.7 Å². The van der Waals surface area contributed by atoms with Gasteiger partial charge in [0.1, 0.15) is 0 Å². The van der Waals surface area contributed by atoms with Crippen LogP contribution in [0, 0.1) is 5.92 Å². The summed E-state index contributed by atoms with van der Waals surface area (Å²) in [6.45, 7) is 1.01. The van der Waals surface area contributed by atoms with Crippen molar-refractivity contribution in [2.24, 2.45) is 5.92 Å². The quantitative estimate of drug-likeness (QED) is 0.834. The molecule has 2 aliphatic heterocycles. The summed E-state index contributed by atoms with van der Waals surface area (Å²) in [6.07, 6.45) is -3.67. The maximum atomic E-state index is 12.8. The van der Waals surface area contributed by atoms with Crippen LogP contribution in [0.4, 0.5) is 23.7 Å². The van der Waals surface area contributed by atoms with Gasteiger partial charge in [-0.1, -0.05) is 0 Å². The normalized spacial score (nSPS) is 25.9. The Hall–Kier alpha value is -1.76. The van der Waals surface area contributed by atoms with E-state index in [-0.39, 0.29) is 5.92 Å². The number of alkyl halides is 3. The van der Waals surface area contributed by atoms with Gasteiger partial charge < -0.3 is 15.4 Å². The van der Waals surface area contributed by atoms with Crippen LogP contribution in [-0.2, 0) is 10.9 Å². The number of amides is 2. The van der Waals surface area contributed by atoms with E-state index >= 15 is 0 Å². The molecule has 7 heteroatoms. The summed E-state index contributed by atoms with van der Waals surface area (Å²) < 4.78 is 43.7. The van der Waals surface area contributed by atoms with Crippen molar-refractivity contribution in [2.75, 3.05) is 18.5 Å². The van der Waals surface area contributed by atoms with Crippen molar-refractivity contribution in [3.63, 3.8) is 0 Å². The molecule has 2 amide bonds. The first-order chi connectivity index (χ1) is 9.45. The number of hydrogen-bond acceptors (Lipinski definition) is 2. The molecule has 0 aromatic heterocycles. The predicted octanol–water partition coefficient (Wildman–Crippen LogP) is 2.92. The molecule has 0 radical (unpaired) electrons. The minimum atomic E-state index is -4.40. The van der Waals surface area contributed by atoms with Crippen molar-refractivity contribution < 1.29 is 22.7 Å². The number of carbonyl (C=O) groups excluding carboxylic acids is 1. The van der Waals surface area contributed by atoms with Gasteiger partial charge in [-0.05, 0) is 30.2 Å². The molecule has 20 heavy (non-hydrogen) atoms. The second-order valence-electron chi connectivity index (χ2n) is 5.00. The molecule has 0 saturated carbocycles. The maximum Gasteiger partial charge on any atom is 0.416 e. The average molecular weight is 286 g/mol. The number of hydrogen-bond donors (Lipinski definition) is 2. The summed E-state index contributed by atoms with van der Waals surface area (Å²) in [4.78, 5) is 11.6. The molecule has 1 aromatic carbocycles. The Balaban J connectivity index is 2.01. The van der Waals surface area contributed by atoms with E-state index in [4.69, 9.17) is 4.74 Å². The number of anilines is 1. The lowest BCUT2D eigenvalue weighted by molar-refractivity contribution is -0.137. The zero-order valence-electron chi connectivity index (χ0n) is 10.5. The lowest BCUT2D eigenvalue weighted by Gasteiger charge is -2.31. The third kappa shape index (κ3) is 2.33. The number of carbonyl (C=O) groups is 1. The van der Waals surface area contributed by atoms with Crippen molar-refractivity contribution in [1.82, 2.24) is 5.32 Å². The number of urea groups is 1. The van der Waals surface area contributed by atoms with E-state index in [1.165, 1.54) is 6.07 Å². The standard InChI is InChI=1S/C13H13F3N2O2/c14-13(15,16)8-1-2-10-9(5-8)11(18-12(19)17-10)7-3-4-20-6-7/h1-2,5,7,11H,3-4,6H2,(H2,17,18,19). The van der Waals surface area contributed by atoms with E-state index in [1.54, 1.807) is 0 Å². The highest BCUT2D eigenvalue weighted by atomic mass is 19.4. The number of halogens is 3. The van der Waals surface area contributed by atoms with Gasteiger partial charge in [-0.15, -0.1) is 0 Å². The summed E-state index contributed by atoms with van der Waals surface area (Å²) in [5.41, 5.74) is 0.187. The molecule has 0 aliphatic carbocycles. The fraction of sp³-hybridized carbons (Fsp3) is 0.462. The molecule has 0 spiro atoms. The van der Waals surface area contributed by atoms with Crippen molar-refractivity contribution in [3.05, 3.63) is 29.3 Å². The topological polar surface area (TPSA) is 50.4 Å². The molecule has 2 unspecified atom stereocenters. The van der Waals surface area contributed by atoms with Crippen molar-refractivity contribution in [3.8, 4) is 0 Å². The van der Waals surface area contributed by atoms with Gasteiger partial charge in [0.15, 0.2) is 0 Å². The minimum absolute atomic E-state index is 0.00304. The highest BCUT2D eigenvalue weighted by molar-refractivity contribution is 5.93. The molecule has 1 fully saturated rings. The average Bonchev–Trinajstić information content (AvgIpc) is 2.89. The summed E-state index contributed by atoms with van der Waals surface area (Å²) in [5, 5.41) is 5.23. The van der Waals surface area contributed by atoms with Crippen LogP contribution in [0.2, 0.25) is 0 Å². The highest BCUT2D eigenvalue weighted by Crippen LogP contribution is 2.39. The minimum Gasteiger partial charge on any atom is -0.381 e. The number of ether oxygens (including phenoxy) is 1. The molecule has 1 aromatic rings. The van der Waals surface area contributed by atoms with Gasteiger partial charge in [-0.2, -0.15) is 13.2 Å². The molecule has 2 aliphatic rings. The first-order valence-corrected chi connectivity index (χ1v) is 6.31. The second-order valence-corrected chi connectivity index (χ2v) is 5.00. The third-order valence-corrected chi connectivity index (χ3v) is 3.69. The van der Waals surface area contributed by atoms with E-state index in [0.29, 0.717) is 24.5 Å². The van der Waals surface area contributed by atoms with Gasteiger partial charge in [0.05, 0.1) is 18.2 Å². The molecule has 108 valence electrons. The van der Waals surface area contributed by atoms with Crippen molar-refractivity contribution in [1.29, 1.82) is 0 Å². The molecule has 2 heterocycles. The van der Waals surface area contributed by atoms with Crippen LogP contribution >= 0.6 is 0 Å². The van der Waals surface area contributed by atoms with E-state index in [2.05, 4.69) is 10.6 Å². The predicted molar refractivity (Wildman–Crippen MR) is 65.3 cm³/mol. The van der Waals surface area contributed by atoms with E-state index < -0.39 is 23.8 Å². The lowest BCUT2D eigenvalue weighted by Crippen LogP contribution is -2.41.